The Balaban J connectivity index is 1.76. The van der Waals surface area contributed by atoms with Crippen molar-refractivity contribution in [2.24, 2.45) is 0 Å². The van der Waals surface area contributed by atoms with Crippen LogP contribution in [0.2, 0.25) is 0 Å². The number of ether oxygens (including phenoxy) is 2. The molecule has 0 saturated carbocycles. The smallest absolute Gasteiger partial charge is 0.282 e. The number of carbonyl (C=O) groups is 2. The molecule has 7 heteroatoms. The van der Waals surface area contributed by atoms with Gasteiger partial charge in [-0.3, -0.25) is 9.59 Å². The van der Waals surface area contributed by atoms with Crippen LogP contribution in [0.15, 0.2) is 78.5 Å². The zero-order valence-electron chi connectivity index (χ0n) is 19.2. The predicted molar refractivity (Wildman–Crippen MR) is 129 cm³/mol. The Labute approximate surface area is 197 Å². The maximum Gasteiger partial charge on any atom is 0.282 e. The van der Waals surface area contributed by atoms with E-state index in [2.05, 4.69) is 5.32 Å². The molecule has 4 rings (SSSR count). The molecule has 1 N–H and O–H groups in total. The zero-order chi connectivity index (χ0) is 24.2. The summed E-state index contributed by atoms with van der Waals surface area (Å²) < 4.78 is 24.9. The highest BCUT2D eigenvalue weighted by Gasteiger charge is 2.40. The number of halogens is 1. The minimum atomic E-state index is -0.520. The van der Waals surface area contributed by atoms with Gasteiger partial charge in [-0.1, -0.05) is 24.3 Å². The van der Waals surface area contributed by atoms with Gasteiger partial charge in [0, 0.05) is 0 Å². The highest BCUT2D eigenvalue weighted by molar-refractivity contribution is 6.46. The monoisotopic (exact) mass is 460 g/mol. The molecule has 0 unspecified atom stereocenters. The number of imide groups is 1. The number of nitrogens with one attached hydrogen (secondary N) is 1. The van der Waals surface area contributed by atoms with Crippen molar-refractivity contribution in [2.45, 2.75) is 26.9 Å². The zero-order valence-corrected chi connectivity index (χ0v) is 19.2. The van der Waals surface area contributed by atoms with Gasteiger partial charge in [0.2, 0.25) is 0 Å². The van der Waals surface area contributed by atoms with Crippen LogP contribution in [0, 0.1) is 5.82 Å². The lowest BCUT2D eigenvalue weighted by Crippen LogP contribution is -2.32. The Hall–Kier alpha value is -4.13. The lowest BCUT2D eigenvalue weighted by Gasteiger charge is -2.17. The molecule has 0 aromatic heterocycles. The molecule has 3 aromatic carbocycles. The Morgan fingerprint density at radius 1 is 0.912 bits per heavy atom. The van der Waals surface area contributed by atoms with Gasteiger partial charge in [0.05, 0.1) is 29.7 Å². The average Bonchev–Trinajstić information content (AvgIpc) is 3.05. The number of hydrogen-bond acceptors (Lipinski definition) is 5. The Morgan fingerprint density at radius 2 is 1.59 bits per heavy atom. The predicted octanol–water partition coefficient (Wildman–Crippen LogP) is 5.41. The summed E-state index contributed by atoms with van der Waals surface area (Å²) in [5.41, 5.74) is 1.62. The van der Waals surface area contributed by atoms with Gasteiger partial charge >= 0.3 is 0 Å². The van der Waals surface area contributed by atoms with Crippen molar-refractivity contribution in [1.29, 1.82) is 0 Å². The first-order valence-electron chi connectivity index (χ1n) is 11.0. The van der Waals surface area contributed by atoms with E-state index in [9.17, 15) is 14.0 Å². The molecule has 1 heterocycles. The van der Waals surface area contributed by atoms with Crippen molar-refractivity contribution >= 4 is 28.8 Å². The molecule has 34 heavy (non-hydrogen) atoms. The fourth-order valence-electron chi connectivity index (χ4n) is 3.70. The first kappa shape index (κ1) is 23.0. The second-order valence-electron chi connectivity index (χ2n) is 7.92. The molecule has 1 aliphatic rings. The Morgan fingerprint density at radius 3 is 2.24 bits per heavy atom. The van der Waals surface area contributed by atoms with Gasteiger partial charge in [-0.25, -0.2) is 9.29 Å². The second-order valence-corrected chi connectivity index (χ2v) is 7.92. The van der Waals surface area contributed by atoms with E-state index >= 15 is 0 Å². The van der Waals surface area contributed by atoms with Gasteiger partial charge in [-0.2, -0.15) is 0 Å². The largest absolute Gasteiger partial charge is 0.492 e. The summed E-state index contributed by atoms with van der Waals surface area (Å²) in [4.78, 5) is 28.2. The average molecular weight is 461 g/mol. The van der Waals surface area contributed by atoms with Gasteiger partial charge in [-0.05, 0) is 74.9 Å². The quantitative estimate of drug-likeness (QED) is 0.456. The third-order valence-corrected chi connectivity index (χ3v) is 5.13. The summed E-state index contributed by atoms with van der Waals surface area (Å²) in [5.74, 6) is -0.285. The van der Waals surface area contributed by atoms with Gasteiger partial charge in [0.25, 0.3) is 11.8 Å². The van der Waals surface area contributed by atoms with Crippen LogP contribution in [0.25, 0.3) is 5.57 Å². The first-order valence-corrected chi connectivity index (χ1v) is 11.0. The number of carbonyl (C=O) groups excluding carboxylic acids is 2. The second kappa shape index (κ2) is 9.79. The lowest BCUT2D eigenvalue weighted by atomic mass is 10.0. The minimum Gasteiger partial charge on any atom is -0.492 e. The third kappa shape index (κ3) is 4.64. The van der Waals surface area contributed by atoms with E-state index < -0.39 is 17.6 Å². The van der Waals surface area contributed by atoms with Crippen molar-refractivity contribution < 1.29 is 23.5 Å². The highest BCUT2D eigenvalue weighted by Crippen LogP contribution is 2.36. The molecule has 0 spiro atoms. The number of amides is 2. The standard InChI is InChI=1S/C27H25FN2O4/c1-4-33-23-8-6-5-7-22(23)29-25-24(18-9-11-19(28)12-10-18)26(31)30(27(25)32)20-13-15-21(16-14-20)34-17(2)3/h5-17,29H,4H2,1-3H3. The van der Waals surface area contributed by atoms with E-state index in [0.717, 1.165) is 4.90 Å². The highest BCUT2D eigenvalue weighted by atomic mass is 19.1. The van der Waals surface area contributed by atoms with Crippen molar-refractivity contribution in [3.63, 3.8) is 0 Å². The molecule has 0 bridgehead atoms. The fraction of sp³-hybridized carbons (Fsp3) is 0.185. The van der Waals surface area contributed by atoms with Crippen LogP contribution in [0.4, 0.5) is 15.8 Å². The summed E-state index contributed by atoms with van der Waals surface area (Å²) in [6.07, 6.45) is -0.00569. The molecule has 2 amide bonds. The number of nitrogens with zero attached hydrogens (tertiary/aromatic N) is 1. The molecule has 0 atom stereocenters. The van der Waals surface area contributed by atoms with E-state index in [1.165, 1.54) is 24.3 Å². The third-order valence-electron chi connectivity index (χ3n) is 5.13. The number of anilines is 2. The topological polar surface area (TPSA) is 67.9 Å². The maximum absolute atomic E-state index is 13.6. The molecular weight excluding hydrogens is 435 g/mol. The van der Waals surface area contributed by atoms with Crippen LogP contribution in [-0.4, -0.2) is 24.5 Å². The summed E-state index contributed by atoms with van der Waals surface area (Å²) in [6.45, 7) is 6.13. The van der Waals surface area contributed by atoms with Crippen LogP contribution in [0.5, 0.6) is 11.5 Å². The van der Waals surface area contributed by atoms with Crippen LogP contribution >= 0.6 is 0 Å². The number of rotatable bonds is 8. The van der Waals surface area contributed by atoms with Crippen LogP contribution < -0.4 is 19.7 Å². The summed E-state index contributed by atoms with van der Waals surface area (Å²) in [7, 11) is 0. The molecule has 0 saturated heterocycles. The van der Waals surface area contributed by atoms with E-state index in [0.29, 0.717) is 35.0 Å². The SMILES string of the molecule is CCOc1ccccc1NC1=C(c2ccc(F)cc2)C(=O)N(c2ccc(OC(C)C)cc2)C1=O. The van der Waals surface area contributed by atoms with Gasteiger partial charge < -0.3 is 14.8 Å². The van der Waals surface area contributed by atoms with E-state index in [-0.39, 0.29) is 17.4 Å². The van der Waals surface area contributed by atoms with Crippen molar-refractivity contribution in [1.82, 2.24) is 0 Å². The van der Waals surface area contributed by atoms with E-state index in [4.69, 9.17) is 9.47 Å². The van der Waals surface area contributed by atoms with Crippen LogP contribution in [0.1, 0.15) is 26.3 Å². The van der Waals surface area contributed by atoms with Gasteiger partial charge in [-0.15, -0.1) is 0 Å². The van der Waals surface area contributed by atoms with Gasteiger partial charge in [0.1, 0.15) is 23.0 Å². The van der Waals surface area contributed by atoms with Crippen molar-refractivity contribution in [2.75, 3.05) is 16.8 Å². The molecule has 0 aliphatic carbocycles. The van der Waals surface area contributed by atoms with E-state index in [1.807, 2.05) is 26.8 Å². The molecule has 0 radical (unpaired) electrons. The van der Waals surface area contributed by atoms with Crippen molar-refractivity contribution in [3.05, 3.63) is 89.9 Å². The number of benzene rings is 3. The van der Waals surface area contributed by atoms with Gasteiger partial charge in [0.15, 0.2) is 0 Å². The van der Waals surface area contributed by atoms with Crippen molar-refractivity contribution in [3.8, 4) is 11.5 Å². The molecular formula is C27H25FN2O4. The normalized spacial score (nSPS) is 13.6. The number of hydrogen-bond donors (Lipinski definition) is 1. The number of para-hydroxylation sites is 2. The minimum absolute atomic E-state index is 0.00569. The molecule has 1 aliphatic heterocycles. The van der Waals surface area contributed by atoms with Crippen LogP contribution in [0.3, 0.4) is 0 Å². The summed E-state index contributed by atoms with van der Waals surface area (Å²) in [5, 5.41) is 3.10. The molecule has 0 fully saturated rings. The summed E-state index contributed by atoms with van der Waals surface area (Å²) >= 11 is 0. The molecule has 174 valence electrons. The first-order chi connectivity index (χ1) is 16.4. The fourth-order valence-corrected chi connectivity index (χ4v) is 3.70. The Kier molecular flexibility index (Phi) is 6.63. The summed E-state index contributed by atoms with van der Waals surface area (Å²) in [6, 6.07) is 19.4. The van der Waals surface area contributed by atoms with E-state index in [1.54, 1.807) is 42.5 Å². The lowest BCUT2D eigenvalue weighted by molar-refractivity contribution is -0.120. The molecule has 6 nitrogen and oxygen atoms in total. The molecule has 3 aromatic rings. The Bertz CT molecular complexity index is 1230. The van der Waals surface area contributed by atoms with Crippen LogP contribution in [-0.2, 0) is 9.59 Å². The maximum atomic E-state index is 13.6.